The molecule has 0 aliphatic rings. The fourth-order valence-corrected chi connectivity index (χ4v) is 1.73. The van der Waals surface area contributed by atoms with E-state index >= 15 is 0 Å². The maximum absolute atomic E-state index is 10.1. The molecule has 0 radical (unpaired) electrons. The van der Waals surface area contributed by atoms with E-state index in [1.807, 2.05) is 30.3 Å². The first-order chi connectivity index (χ1) is 6.08. The third kappa shape index (κ3) is 6.83. The van der Waals surface area contributed by atoms with Crippen molar-refractivity contribution in [1.29, 1.82) is 0 Å². The van der Waals surface area contributed by atoms with Crippen LogP contribution in [0, 0.1) is 0 Å². The van der Waals surface area contributed by atoms with Gasteiger partial charge in [0, 0.05) is 17.8 Å². The first-order valence-electron chi connectivity index (χ1n) is 3.40. The van der Waals surface area contributed by atoms with Gasteiger partial charge in [-0.05, 0) is 5.56 Å². The predicted octanol–water partition coefficient (Wildman–Crippen LogP) is -1.23. The average Bonchev–Trinajstić information content (AvgIpc) is 2.04. The molecule has 1 aromatic carbocycles. The average molecular weight is 244 g/mol. The van der Waals surface area contributed by atoms with Crippen molar-refractivity contribution in [2.45, 2.75) is 5.75 Å². The van der Waals surface area contributed by atoms with E-state index in [-0.39, 0.29) is 31.0 Å². The summed E-state index contributed by atoms with van der Waals surface area (Å²) in [6.07, 6.45) is 0. The monoisotopic (exact) mass is 244 g/mol. The van der Waals surface area contributed by atoms with Crippen molar-refractivity contribution in [3.8, 4) is 0 Å². The number of hydrogen-bond donors (Lipinski definition) is 1. The van der Waals surface area contributed by atoms with Crippen LogP contribution in [0.5, 0.6) is 0 Å². The van der Waals surface area contributed by atoms with Crippen molar-refractivity contribution in [2.24, 2.45) is 0 Å². The molecule has 0 atom stereocenters. The zero-order chi connectivity index (χ0) is 9.73. The summed E-state index contributed by atoms with van der Waals surface area (Å²) in [5.74, 6) is 0.376. The SMILES string of the molecule is O=S(=O)(O)OSCc1ccccc1.[H-].[Na+]. The van der Waals surface area contributed by atoms with Gasteiger partial charge in [-0.2, -0.15) is 12.0 Å². The third-order valence-electron chi connectivity index (χ3n) is 1.20. The van der Waals surface area contributed by atoms with Gasteiger partial charge in [0.05, 0.1) is 0 Å². The molecule has 0 heterocycles. The van der Waals surface area contributed by atoms with Crippen LogP contribution in [0.4, 0.5) is 0 Å². The van der Waals surface area contributed by atoms with Crippen LogP contribution in [0.1, 0.15) is 6.99 Å². The van der Waals surface area contributed by atoms with Crippen molar-refractivity contribution in [2.75, 3.05) is 0 Å². The number of hydrogen-bond acceptors (Lipinski definition) is 4. The molecule has 4 nitrogen and oxygen atoms in total. The van der Waals surface area contributed by atoms with Gasteiger partial charge in [-0.15, -0.1) is 0 Å². The zero-order valence-electron chi connectivity index (χ0n) is 8.58. The molecular formula is C7H9NaO4S2. The fourth-order valence-electron chi connectivity index (χ4n) is 0.727. The van der Waals surface area contributed by atoms with E-state index < -0.39 is 10.4 Å². The van der Waals surface area contributed by atoms with Gasteiger partial charge in [0.1, 0.15) is 0 Å². The molecule has 0 saturated carbocycles. The normalized spacial score (nSPS) is 10.6. The zero-order valence-corrected chi connectivity index (χ0v) is 11.2. The quantitative estimate of drug-likeness (QED) is 0.408. The Balaban J connectivity index is 0. The minimum atomic E-state index is -4.33. The van der Waals surface area contributed by atoms with Crippen molar-refractivity contribution >= 4 is 22.4 Å². The van der Waals surface area contributed by atoms with Crippen LogP contribution < -0.4 is 29.6 Å². The smallest absolute Gasteiger partial charge is 1.00 e. The second-order valence-electron chi connectivity index (χ2n) is 2.24. The predicted molar refractivity (Wildman–Crippen MR) is 51.5 cm³/mol. The van der Waals surface area contributed by atoms with E-state index in [0.29, 0.717) is 17.8 Å². The third-order valence-corrected chi connectivity index (χ3v) is 2.73. The van der Waals surface area contributed by atoms with E-state index in [0.717, 1.165) is 5.56 Å². The summed E-state index contributed by atoms with van der Waals surface area (Å²) >= 11 is 0.675. The number of rotatable bonds is 4. The molecule has 0 unspecified atom stereocenters. The van der Waals surface area contributed by atoms with Crippen LogP contribution in [0.15, 0.2) is 30.3 Å². The first kappa shape index (κ1) is 14.4. The minimum Gasteiger partial charge on any atom is -1.00 e. The Hall–Kier alpha value is 0.440. The van der Waals surface area contributed by atoms with Gasteiger partial charge >= 0.3 is 40.0 Å². The second-order valence-corrected chi connectivity index (χ2v) is 4.17. The summed E-state index contributed by atoms with van der Waals surface area (Å²) in [6, 6.07) is 9.20. The van der Waals surface area contributed by atoms with Gasteiger partial charge in [0.2, 0.25) is 0 Å². The Morgan fingerprint density at radius 2 is 1.93 bits per heavy atom. The van der Waals surface area contributed by atoms with Crippen LogP contribution in [0.2, 0.25) is 0 Å². The molecule has 0 amide bonds. The Morgan fingerprint density at radius 1 is 1.36 bits per heavy atom. The summed E-state index contributed by atoms with van der Waals surface area (Å²) in [4.78, 5) is 0. The summed E-state index contributed by atoms with van der Waals surface area (Å²) in [7, 11) is -4.33. The summed E-state index contributed by atoms with van der Waals surface area (Å²) in [5.41, 5.74) is 0.927. The Morgan fingerprint density at radius 3 is 2.43 bits per heavy atom. The van der Waals surface area contributed by atoms with Crippen LogP contribution in [-0.2, 0) is 19.8 Å². The van der Waals surface area contributed by atoms with E-state index in [9.17, 15) is 8.42 Å². The Kier molecular flexibility index (Phi) is 7.05. The molecule has 74 valence electrons. The van der Waals surface area contributed by atoms with Gasteiger partial charge in [0.15, 0.2) is 0 Å². The van der Waals surface area contributed by atoms with E-state index in [4.69, 9.17) is 4.55 Å². The standard InChI is InChI=1S/C7H8O4S2.Na.H/c8-13(9,10)11-12-6-7-4-2-1-3-5-7;;/h1-5H,6H2,(H,8,9,10);;/q;+1;-1. The Bertz CT molecular complexity index is 357. The first-order valence-corrected chi connectivity index (χ1v) is 5.68. The van der Waals surface area contributed by atoms with Gasteiger partial charge in [-0.3, -0.25) is 4.55 Å². The van der Waals surface area contributed by atoms with E-state index in [2.05, 4.69) is 3.63 Å². The molecule has 0 spiro atoms. The maximum Gasteiger partial charge on any atom is 1.00 e. The van der Waals surface area contributed by atoms with Gasteiger partial charge in [-0.25, -0.2) is 0 Å². The molecule has 0 aliphatic carbocycles. The van der Waals surface area contributed by atoms with Gasteiger partial charge < -0.3 is 1.43 Å². The summed E-state index contributed by atoms with van der Waals surface area (Å²) in [5, 5.41) is 0. The molecule has 14 heavy (non-hydrogen) atoms. The van der Waals surface area contributed by atoms with E-state index in [1.54, 1.807) is 0 Å². The van der Waals surface area contributed by atoms with Gasteiger partial charge in [0.25, 0.3) is 0 Å². The molecule has 0 aromatic heterocycles. The molecular weight excluding hydrogens is 235 g/mol. The Labute approximate surface area is 111 Å². The topological polar surface area (TPSA) is 63.6 Å². The van der Waals surface area contributed by atoms with Gasteiger partial charge in [-0.1, -0.05) is 30.3 Å². The molecule has 0 bridgehead atoms. The fraction of sp³-hybridized carbons (Fsp3) is 0.143. The van der Waals surface area contributed by atoms with Crippen LogP contribution in [-0.4, -0.2) is 13.0 Å². The minimum absolute atomic E-state index is 0. The molecule has 0 fully saturated rings. The molecule has 1 N–H and O–H groups in total. The molecule has 0 saturated heterocycles. The van der Waals surface area contributed by atoms with Crippen LogP contribution in [0.25, 0.3) is 0 Å². The molecule has 7 heteroatoms. The summed E-state index contributed by atoms with van der Waals surface area (Å²) < 4.78 is 32.6. The number of benzene rings is 1. The maximum atomic E-state index is 10.1. The van der Waals surface area contributed by atoms with Crippen LogP contribution >= 0.6 is 12.0 Å². The van der Waals surface area contributed by atoms with Crippen molar-refractivity contribution in [3.05, 3.63) is 35.9 Å². The molecule has 0 aliphatic heterocycles. The molecule has 1 rings (SSSR count). The van der Waals surface area contributed by atoms with E-state index in [1.165, 1.54) is 0 Å². The summed E-state index contributed by atoms with van der Waals surface area (Å²) in [6.45, 7) is 0. The second kappa shape index (κ2) is 6.84. The largest absolute Gasteiger partial charge is 1.00 e. The molecule has 1 aromatic rings. The van der Waals surface area contributed by atoms with Crippen molar-refractivity contribution < 1.29 is 47.6 Å². The van der Waals surface area contributed by atoms with Crippen LogP contribution in [0.3, 0.4) is 0 Å². The van der Waals surface area contributed by atoms with Crippen molar-refractivity contribution in [1.82, 2.24) is 0 Å². The van der Waals surface area contributed by atoms with Crippen molar-refractivity contribution in [3.63, 3.8) is 0 Å².